The monoisotopic (exact) mass is 176 g/mol. The fourth-order valence-corrected chi connectivity index (χ4v) is 1.30. The van der Waals surface area contributed by atoms with Gasteiger partial charge in [0.15, 0.2) is 0 Å². The maximum absolute atomic E-state index is 11.3. The molecule has 0 amide bonds. The van der Waals surface area contributed by atoms with Gasteiger partial charge in [0.05, 0.1) is 17.3 Å². The summed E-state index contributed by atoms with van der Waals surface area (Å²) >= 11 is 0. The van der Waals surface area contributed by atoms with E-state index in [1.807, 2.05) is 0 Å². The van der Waals surface area contributed by atoms with E-state index in [-0.39, 0.29) is 0 Å². The molecule has 4 heteroatoms. The number of hydrogen-bond donors (Lipinski definition) is 2. The number of fused-ring (bicyclic) bond motifs is 1. The molecule has 13 heavy (non-hydrogen) atoms. The van der Waals surface area contributed by atoms with Crippen LogP contribution >= 0.6 is 0 Å². The number of pyridine rings is 1. The van der Waals surface area contributed by atoms with Gasteiger partial charge in [-0.1, -0.05) is 18.2 Å². The van der Waals surface area contributed by atoms with Crippen molar-refractivity contribution in [1.29, 1.82) is 0 Å². The van der Waals surface area contributed by atoms with E-state index in [1.54, 1.807) is 24.3 Å². The zero-order chi connectivity index (χ0) is 9.42. The predicted molar refractivity (Wildman–Crippen MR) is 49.8 cm³/mol. The number of hydrogen-bond acceptors (Lipinski definition) is 3. The Kier molecular flexibility index (Phi) is 1.48. The number of anilines is 1. The van der Waals surface area contributed by atoms with Gasteiger partial charge in [-0.05, 0) is 6.07 Å². The molecule has 0 radical (unpaired) electrons. The highest BCUT2D eigenvalue weighted by Gasteiger charge is 2.03. The number of benzene rings is 1. The SMILES string of the molecule is Nc1cn(O)c(=O)c2ccccc12. The van der Waals surface area contributed by atoms with E-state index in [0.717, 1.165) is 0 Å². The quantitative estimate of drug-likeness (QED) is 0.584. The summed E-state index contributed by atoms with van der Waals surface area (Å²) in [6.45, 7) is 0. The van der Waals surface area contributed by atoms with Crippen LogP contribution in [-0.2, 0) is 0 Å². The molecule has 66 valence electrons. The summed E-state index contributed by atoms with van der Waals surface area (Å²) in [7, 11) is 0. The Morgan fingerprint density at radius 2 is 1.85 bits per heavy atom. The fourth-order valence-electron chi connectivity index (χ4n) is 1.30. The Labute approximate surface area is 73.8 Å². The van der Waals surface area contributed by atoms with Gasteiger partial charge in [0.1, 0.15) is 0 Å². The number of rotatable bonds is 0. The van der Waals surface area contributed by atoms with Crippen LogP contribution in [0, 0.1) is 0 Å². The zero-order valence-corrected chi connectivity index (χ0v) is 6.77. The first-order valence-electron chi connectivity index (χ1n) is 3.79. The smallest absolute Gasteiger partial charge is 0.290 e. The van der Waals surface area contributed by atoms with Crippen LogP contribution < -0.4 is 11.3 Å². The lowest BCUT2D eigenvalue weighted by Gasteiger charge is -2.02. The van der Waals surface area contributed by atoms with Crippen molar-refractivity contribution in [1.82, 2.24) is 4.73 Å². The highest BCUT2D eigenvalue weighted by atomic mass is 16.5. The molecule has 1 heterocycles. The van der Waals surface area contributed by atoms with Crippen LogP contribution in [0.5, 0.6) is 0 Å². The van der Waals surface area contributed by atoms with Gasteiger partial charge in [-0.3, -0.25) is 4.79 Å². The second-order valence-electron chi connectivity index (χ2n) is 2.78. The molecular weight excluding hydrogens is 168 g/mol. The molecule has 0 spiro atoms. The first-order chi connectivity index (χ1) is 6.20. The summed E-state index contributed by atoms with van der Waals surface area (Å²) in [6.07, 6.45) is 1.20. The van der Waals surface area contributed by atoms with Crippen molar-refractivity contribution in [2.75, 3.05) is 5.73 Å². The maximum atomic E-state index is 11.3. The summed E-state index contributed by atoms with van der Waals surface area (Å²) in [5.74, 6) is 0. The van der Waals surface area contributed by atoms with Crippen LogP contribution in [-0.4, -0.2) is 9.94 Å². The van der Waals surface area contributed by atoms with Crippen LogP contribution in [0.4, 0.5) is 5.69 Å². The molecule has 0 unspecified atom stereocenters. The molecule has 0 saturated carbocycles. The molecule has 2 rings (SSSR count). The van der Waals surface area contributed by atoms with Gasteiger partial charge in [-0.15, -0.1) is 0 Å². The first-order valence-corrected chi connectivity index (χ1v) is 3.79. The summed E-state index contributed by atoms with van der Waals surface area (Å²) in [4.78, 5) is 11.3. The van der Waals surface area contributed by atoms with Crippen molar-refractivity contribution in [3.05, 3.63) is 40.8 Å². The molecule has 0 fully saturated rings. The summed E-state index contributed by atoms with van der Waals surface area (Å²) in [6, 6.07) is 6.88. The molecule has 0 bridgehead atoms. The number of aromatic nitrogens is 1. The Morgan fingerprint density at radius 1 is 1.23 bits per heavy atom. The molecular formula is C9H8N2O2. The summed E-state index contributed by atoms with van der Waals surface area (Å²) in [5, 5.41) is 10.2. The van der Waals surface area contributed by atoms with Gasteiger partial charge in [0.25, 0.3) is 5.56 Å². The first kappa shape index (κ1) is 7.67. The van der Waals surface area contributed by atoms with Crippen LogP contribution in [0.15, 0.2) is 35.3 Å². The molecule has 0 aliphatic heterocycles. The molecule has 3 N–H and O–H groups in total. The summed E-state index contributed by atoms with van der Waals surface area (Å²) < 4.78 is 0.498. The van der Waals surface area contributed by atoms with Crippen molar-refractivity contribution in [3.63, 3.8) is 0 Å². The van der Waals surface area contributed by atoms with Gasteiger partial charge >= 0.3 is 0 Å². The fraction of sp³-hybridized carbons (Fsp3) is 0. The topological polar surface area (TPSA) is 68.2 Å². The minimum absolute atomic E-state index is 0.387. The van der Waals surface area contributed by atoms with Crippen molar-refractivity contribution in [2.45, 2.75) is 0 Å². The molecule has 0 aliphatic rings. The van der Waals surface area contributed by atoms with Crippen LogP contribution in [0.3, 0.4) is 0 Å². The largest absolute Gasteiger partial charge is 0.425 e. The third-order valence-corrected chi connectivity index (χ3v) is 1.94. The molecule has 1 aromatic carbocycles. The normalized spacial score (nSPS) is 10.5. The van der Waals surface area contributed by atoms with E-state index in [9.17, 15) is 4.79 Å². The van der Waals surface area contributed by atoms with Crippen LogP contribution in [0.1, 0.15) is 0 Å². The Balaban J connectivity index is 3.06. The minimum Gasteiger partial charge on any atom is -0.425 e. The van der Waals surface area contributed by atoms with Crippen molar-refractivity contribution in [3.8, 4) is 0 Å². The van der Waals surface area contributed by atoms with Crippen LogP contribution in [0.2, 0.25) is 0 Å². The average molecular weight is 176 g/mol. The number of nitrogen functional groups attached to an aromatic ring is 1. The van der Waals surface area contributed by atoms with E-state index in [1.165, 1.54) is 6.20 Å². The number of nitrogens with two attached hydrogens (primary N) is 1. The van der Waals surface area contributed by atoms with Gasteiger partial charge in [0, 0.05) is 5.39 Å². The van der Waals surface area contributed by atoms with E-state index >= 15 is 0 Å². The summed E-state index contributed by atoms with van der Waals surface area (Å²) in [5.41, 5.74) is 5.54. The third kappa shape index (κ3) is 1.03. The van der Waals surface area contributed by atoms with Crippen molar-refractivity contribution < 1.29 is 5.21 Å². The molecule has 2 aromatic rings. The maximum Gasteiger partial charge on any atom is 0.290 e. The second-order valence-corrected chi connectivity index (χ2v) is 2.78. The Hall–Kier alpha value is -1.97. The highest BCUT2D eigenvalue weighted by molar-refractivity contribution is 5.91. The molecule has 1 aromatic heterocycles. The lowest BCUT2D eigenvalue weighted by molar-refractivity contribution is 0.177. The molecule has 0 atom stereocenters. The van der Waals surface area contributed by atoms with E-state index in [4.69, 9.17) is 10.9 Å². The zero-order valence-electron chi connectivity index (χ0n) is 6.77. The van der Waals surface area contributed by atoms with Crippen molar-refractivity contribution in [2.24, 2.45) is 0 Å². The minimum atomic E-state index is -0.454. The Bertz CT molecular complexity index is 516. The standard InChI is InChI=1S/C9H8N2O2/c10-8-5-11(13)9(12)7-4-2-1-3-6(7)8/h1-5,13H,10H2. The molecule has 0 saturated heterocycles. The number of nitrogens with zero attached hydrogens (tertiary/aromatic N) is 1. The van der Waals surface area contributed by atoms with Gasteiger partial charge in [-0.25, -0.2) is 0 Å². The lowest BCUT2D eigenvalue weighted by Crippen LogP contribution is -2.17. The Morgan fingerprint density at radius 3 is 2.54 bits per heavy atom. The van der Waals surface area contributed by atoms with Gasteiger partial charge in [0.2, 0.25) is 0 Å². The van der Waals surface area contributed by atoms with E-state index < -0.39 is 5.56 Å². The predicted octanol–water partition coefficient (Wildman–Crippen LogP) is 0.821. The van der Waals surface area contributed by atoms with E-state index in [0.29, 0.717) is 21.2 Å². The average Bonchev–Trinajstić information content (AvgIpc) is 2.15. The van der Waals surface area contributed by atoms with Crippen LogP contribution in [0.25, 0.3) is 10.8 Å². The van der Waals surface area contributed by atoms with Gasteiger partial charge in [-0.2, -0.15) is 4.73 Å². The second kappa shape index (κ2) is 2.52. The third-order valence-electron chi connectivity index (χ3n) is 1.94. The van der Waals surface area contributed by atoms with Gasteiger partial charge < -0.3 is 10.9 Å². The molecule has 0 aliphatic carbocycles. The molecule has 4 nitrogen and oxygen atoms in total. The lowest BCUT2D eigenvalue weighted by atomic mass is 10.1. The van der Waals surface area contributed by atoms with Crippen molar-refractivity contribution >= 4 is 16.5 Å². The highest BCUT2D eigenvalue weighted by Crippen LogP contribution is 2.15. The van der Waals surface area contributed by atoms with E-state index in [2.05, 4.69) is 0 Å².